The Morgan fingerprint density at radius 3 is 1.65 bits per heavy atom. The van der Waals surface area contributed by atoms with Gasteiger partial charge in [-0.15, -0.1) is 0 Å². The van der Waals surface area contributed by atoms with Crippen molar-refractivity contribution < 1.29 is 14.6 Å². The molecule has 0 atom stereocenters. The molecule has 306 valence electrons. The molecule has 2 aliphatic rings. The fourth-order valence-corrected chi connectivity index (χ4v) is 10.5. The van der Waals surface area contributed by atoms with E-state index in [-0.39, 0.29) is 5.56 Å². The summed E-state index contributed by atoms with van der Waals surface area (Å²) >= 11 is 0. The SMILES string of the molecule is COc1ccc2c3c4nc(c(-c5c(C)cc(C)cc5C)c5ccc([nH]5)c(-c5ccc(C(=O)O)cc5)c5nc(c(-c6c(C)cc(C)cc6C)c6cc(c7cccc1c72)c3[nH]6)C=C5)C=C4. The number of nitrogens with one attached hydrogen (secondary N) is 2. The molecule has 9 aromatic rings. The average Bonchev–Trinajstić information content (AvgIpc) is 4.09. The lowest BCUT2D eigenvalue weighted by molar-refractivity contribution is 0.0697. The molecule has 6 aromatic carbocycles. The molecule has 0 aliphatic carbocycles. The molecule has 3 aromatic heterocycles. The second-order valence-electron chi connectivity index (χ2n) is 17.2. The molecule has 11 rings (SSSR count). The Morgan fingerprint density at radius 2 is 1.05 bits per heavy atom. The first-order valence-corrected chi connectivity index (χ1v) is 21.3. The predicted molar refractivity (Wildman–Crippen MR) is 261 cm³/mol. The number of rotatable bonds is 5. The van der Waals surface area contributed by atoms with Gasteiger partial charge in [0.05, 0.1) is 41.0 Å². The number of aromatic nitrogens is 4. The number of H-pyrrole nitrogens is 2. The van der Waals surface area contributed by atoms with Gasteiger partial charge in [0.2, 0.25) is 0 Å². The maximum atomic E-state index is 12.0. The molecule has 7 nitrogen and oxygen atoms in total. The number of ether oxygens (including phenoxy) is 1. The molecule has 7 heteroatoms. The van der Waals surface area contributed by atoms with Crippen molar-refractivity contribution in [1.82, 2.24) is 19.9 Å². The summed E-state index contributed by atoms with van der Waals surface area (Å²) in [5, 5.41) is 16.3. The first-order chi connectivity index (χ1) is 30.5. The fraction of sp³-hybridized carbons (Fsp3) is 0.125. The van der Waals surface area contributed by atoms with Gasteiger partial charge in [0, 0.05) is 54.8 Å². The third-order valence-corrected chi connectivity index (χ3v) is 12.9. The number of hydrogen-bond donors (Lipinski definition) is 3. The topological polar surface area (TPSA) is 104 Å². The number of benzene rings is 6. The van der Waals surface area contributed by atoms with Gasteiger partial charge in [0.15, 0.2) is 0 Å². The van der Waals surface area contributed by atoms with Crippen LogP contribution in [0.5, 0.6) is 5.75 Å². The fourth-order valence-electron chi connectivity index (χ4n) is 10.5. The zero-order valence-electron chi connectivity index (χ0n) is 36.2. The van der Waals surface area contributed by atoms with Crippen molar-refractivity contribution >= 4 is 84.7 Å². The van der Waals surface area contributed by atoms with E-state index >= 15 is 0 Å². The lowest BCUT2D eigenvalue weighted by atomic mass is 9.92. The highest BCUT2D eigenvalue weighted by Crippen LogP contribution is 2.46. The monoisotopic (exact) mass is 820 g/mol. The minimum Gasteiger partial charge on any atom is -0.496 e. The highest BCUT2D eigenvalue weighted by atomic mass is 16.5. The quantitative estimate of drug-likeness (QED) is 0.160. The summed E-state index contributed by atoms with van der Waals surface area (Å²) < 4.78 is 5.97. The summed E-state index contributed by atoms with van der Waals surface area (Å²) in [5.74, 6) is -0.149. The molecule has 2 aliphatic heterocycles. The lowest BCUT2D eigenvalue weighted by Gasteiger charge is -2.14. The number of nitrogens with zero attached hydrogens (tertiary/aromatic N) is 2. The smallest absolute Gasteiger partial charge is 0.335 e. The molecule has 5 heterocycles. The number of carboxylic acid groups (broad SMARTS) is 1. The predicted octanol–water partition coefficient (Wildman–Crippen LogP) is 14.1. The van der Waals surface area contributed by atoms with Gasteiger partial charge in [-0.2, -0.15) is 0 Å². The number of carboxylic acids is 1. The molecule has 0 spiro atoms. The van der Waals surface area contributed by atoms with Gasteiger partial charge in [-0.05, 0) is 158 Å². The van der Waals surface area contributed by atoms with Crippen molar-refractivity contribution in [2.24, 2.45) is 0 Å². The molecular formula is C56H44N4O3. The average molecular weight is 821 g/mol. The second kappa shape index (κ2) is 14.1. The van der Waals surface area contributed by atoms with Crippen LogP contribution in [-0.2, 0) is 0 Å². The van der Waals surface area contributed by atoms with Crippen LogP contribution in [0.1, 0.15) is 66.5 Å². The number of carbonyl (C=O) groups is 1. The van der Waals surface area contributed by atoms with Crippen LogP contribution in [0, 0.1) is 41.5 Å². The molecule has 8 bridgehead atoms. The third-order valence-electron chi connectivity index (χ3n) is 12.9. The van der Waals surface area contributed by atoms with Gasteiger partial charge in [-0.1, -0.05) is 65.7 Å². The van der Waals surface area contributed by atoms with Crippen molar-refractivity contribution in [3.8, 4) is 39.1 Å². The summed E-state index contributed by atoms with van der Waals surface area (Å²) in [6.45, 7) is 13.0. The maximum Gasteiger partial charge on any atom is 0.335 e. The molecule has 0 saturated heterocycles. The van der Waals surface area contributed by atoms with E-state index in [1.54, 1.807) is 19.2 Å². The normalized spacial score (nSPS) is 12.4. The zero-order chi connectivity index (χ0) is 43.4. The van der Waals surface area contributed by atoms with Crippen LogP contribution in [-0.4, -0.2) is 38.1 Å². The third kappa shape index (κ3) is 5.91. The zero-order valence-corrected chi connectivity index (χ0v) is 36.2. The molecule has 0 radical (unpaired) electrons. The molecule has 63 heavy (non-hydrogen) atoms. The first kappa shape index (κ1) is 38.2. The highest BCUT2D eigenvalue weighted by molar-refractivity contribution is 6.32. The maximum absolute atomic E-state index is 12.0. The van der Waals surface area contributed by atoms with E-state index in [1.165, 1.54) is 11.1 Å². The van der Waals surface area contributed by atoms with Crippen LogP contribution in [0.3, 0.4) is 0 Å². The molecule has 0 unspecified atom stereocenters. The van der Waals surface area contributed by atoms with E-state index in [9.17, 15) is 9.90 Å². The van der Waals surface area contributed by atoms with Gasteiger partial charge in [0.1, 0.15) is 5.75 Å². The first-order valence-electron chi connectivity index (χ1n) is 21.3. The molecular weight excluding hydrogens is 777 g/mol. The van der Waals surface area contributed by atoms with Gasteiger partial charge >= 0.3 is 5.97 Å². The summed E-state index contributed by atoms with van der Waals surface area (Å²) in [4.78, 5) is 31.0. The minimum absolute atomic E-state index is 0.221. The Hall–Kier alpha value is -7.77. The van der Waals surface area contributed by atoms with E-state index in [0.717, 1.165) is 139 Å². The molecule has 0 amide bonds. The summed E-state index contributed by atoms with van der Waals surface area (Å²) in [7, 11) is 1.73. The number of aryl methyl sites for hydroxylation is 6. The van der Waals surface area contributed by atoms with E-state index in [2.05, 4.69) is 149 Å². The Bertz CT molecular complexity index is 3650. The van der Waals surface area contributed by atoms with Crippen molar-refractivity contribution in [2.75, 3.05) is 7.11 Å². The Balaban J connectivity index is 1.40. The number of methoxy groups -OCH3 is 1. The van der Waals surface area contributed by atoms with Crippen molar-refractivity contribution in [1.29, 1.82) is 0 Å². The standard InChI is InChI=1S/C56H44N4O3/c1-28-23-30(3)48(31(4)24-28)53-43-19-16-40(57-43)50(34-11-13-35(14-12-34)56(61)62)41-17-20-45(58-41)54(49-32(5)25-29(2)26-33(49)6)46-27-39-36-9-8-10-37-47(63-7)22-15-38(51(36)37)52(55(39)60-46)42-18-21-44(53)59-42/h8-27,57,60H,1-7H3,(H,61,62). The van der Waals surface area contributed by atoms with E-state index in [4.69, 9.17) is 14.7 Å². The van der Waals surface area contributed by atoms with Gasteiger partial charge in [-0.3, -0.25) is 0 Å². The number of fused-ring (bicyclic) bond motifs is 10. The Labute approximate surface area is 364 Å². The summed E-state index contributed by atoms with van der Waals surface area (Å²) in [6.07, 6.45) is 8.50. The van der Waals surface area contributed by atoms with E-state index < -0.39 is 5.97 Å². The second-order valence-corrected chi connectivity index (χ2v) is 17.2. The number of aromatic carboxylic acids is 1. The Morgan fingerprint density at radius 1 is 0.508 bits per heavy atom. The van der Waals surface area contributed by atoms with Crippen LogP contribution >= 0.6 is 0 Å². The number of aromatic amines is 2. The van der Waals surface area contributed by atoms with E-state index in [1.807, 2.05) is 12.1 Å². The number of hydrogen-bond acceptors (Lipinski definition) is 4. The summed E-state index contributed by atoms with van der Waals surface area (Å²) in [5.41, 5.74) is 20.2. The van der Waals surface area contributed by atoms with Crippen LogP contribution < -0.4 is 4.74 Å². The van der Waals surface area contributed by atoms with Crippen LogP contribution in [0.2, 0.25) is 0 Å². The van der Waals surface area contributed by atoms with Crippen molar-refractivity contribution in [2.45, 2.75) is 41.5 Å². The van der Waals surface area contributed by atoms with Crippen molar-refractivity contribution in [3.63, 3.8) is 0 Å². The molecule has 0 saturated carbocycles. The van der Waals surface area contributed by atoms with Gasteiger partial charge < -0.3 is 19.8 Å². The van der Waals surface area contributed by atoms with Crippen molar-refractivity contribution in [3.05, 3.63) is 159 Å². The molecule has 0 fully saturated rings. The van der Waals surface area contributed by atoms with Gasteiger partial charge in [-0.25, -0.2) is 14.8 Å². The van der Waals surface area contributed by atoms with Crippen LogP contribution in [0.25, 0.3) is 112 Å². The highest BCUT2D eigenvalue weighted by Gasteiger charge is 2.24. The largest absolute Gasteiger partial charge is 0.496 e. The Kier molecular flexibility index (Phi) is 8.57. The lowest BCUT2D eigenvalue weighted by Crippen LogP contribution is -1.96. The van der Waals surface area contributed by atoms with E-state index in [0.29, 0.717) is 0 Å². The van der Waals surface area contributed by atoms with Crippen LogP contribution in [0.4, 0.5) is 0 Å². The van der Waals surface area contributed by atoms with Crippen LogP contribution in [0.15, 0.2) is 97.1 Å². The minimum atomic E-state index is -0.972. The molecule has 3 N–H and O–H groups in total. The van der Waals surface area contributed by atoms with Gasteiger partial charge in [0.25, 0.3) is 0 Å². The summed E-state index contributed by atoms with van der Waals surface area (Å²) in [6, 6.07) is 33.3.